The van der Waals surface area contributed by atoms with Crippen LogP contribution in [0, 0.1) is 103 Å². The minimum absolute atomic E-state index is 0.0132. The Bertz CT molecular complexity index is 3940. The molecule has 12 rings (SSSR count). The van der Waals surface area contributed by atoms with Crippen molar-refractivity contribution in [2.75, 3.05) is 45.8 Å². The van der Waals surface area contributed by atoms with Crippen LogP contribution < -0.4 is 24.3 Å². The van der Waals surface area contributed by atoms with Crippen molar-refractivity contribution in [2.24, 2.45) is 4.99 Å². The molecule has 9 aromatic rings. The van der Waals surface area contributed by atoms with Crippen molar-refractivity contribution in [1.29, 1.82) is 0 Å². The molecule has 499 valence electrons. The molecule has 8 nitrogen and oxygen atoms in total. The molecule has 2 heterocycles. The third kappa shape index (κ3) is 19.9. The molecule has 3 aliphatic rings. The molecule has 0 amide bonds. The van der Waals surface area contributed by atoms with Crippen LogP contribution in [0.4, 0.5) is 28.4 Å². The average molecular weight is 1500 g/mol. The van der Waals surface area contributed by atoms with Crippen LogP contribution in [0.5, 0.6) is 11.5 Å². The normalized spacial score (nSPS) is 14.0. The van der Waals surface area contributed by atoms with Crippen molar-refractivity contribution in [1.82, 2.24) is 0 Å². The van der Waals surface area contributed by atoms with Crippen molar-refractivity contribution >= 4 is 83.8 Å². The number of rotatable bonds is 11. The summed E-state index contributed by atoms with van der Waals surface area (Å²) in [7, 11) is 17.7. The maximum absolute atomic E-state index is 11.1. The second-order valence-electron chi connectivity index (χ2n) is 24.7. The van der Waals surface area contributed by atoms with Gasteiger partial charge in [0.15, 0.2) is 0 Å². The van der Waals surface area contributed by atoms with Gasteiger partial charge in [0, 0.05) is 60.7 Å². The summed E-state index contributed by atoms with van der Waals surface area (Å²) < 4.78 is 8.63. The van der Waals surface area contributed by atoms with Crippen molar-refractivity contribution in [2.45, 2.75) is 110 Å². The fraction of sp³-hybridized carbons (Fsp3) is 0.244. The SMILES string of the molecule is CC(=O)C(C)Oc1ccccc1[CH]=[Ru]([Cl])[Cl].Cc1cc(C)c(N2[CH-]N(c3c(C)cc(C)cc3C)CC2)c(C)c1.Cc1cc(C)c(N2[CH-]N(c3c(C)cc(C)cc3C)CC2)c(C)c1.Cc1ccc(N=Cc2ccccc2O)cc1.[Cl][Ru]=[C]1C=C(c2ccccc2)c2ccccc21. The van der Waals surface area contributed by atoms with Crippen molar-refractivity contribution in [3.8, 4) is 11.5 Å². The van der Waals surface area contributed by atoms with E-state index in [9.17, 15) is 9.90 Å². The van der Waals surface area contributed by atoms with Crippen LogP contribution in [-0.2, 0) is 34.0 Å². The van der Waals surface area contributed by atoms with E-state index in [1.165, 1.54) is 128 Å². The van der Waals surface area contributed by atoms with Crippen LogP contribution in [0.2, 0.25) is 0 Å². The Morgan fingerprint density at radius 2 is 0.895 bits per heavy atom. The van der Waals surface area contributed by atoms with Gasteiger partial charge in [-0.25, -0.2) is 0 Å². The van der Waals surface area contributed by atoms with Gasteiger partial charge in [-0.1, -0.05) is 101 Å². The van der Waals surface area contributed by atoms with Crippen LogP contribution in [0.3, 0.4) is 0 Å². The number of anilines is 4. The summed E-state index contributed by atoms with van der Waals surface area (Å²) in [6.07, 6.45) is 3.45. The number of halogens is 3. The Morgan fingerprint density at radius 1 is 0.516 bits per heavy atom. The number of aryl methyl sites for hydroxylation is 13. The molecule has 2 aliphatic heterocycles. The first-order chi connectivity index (χ1) is 45.4. The number of ketones is 1. The zero-order valence-corrected chi connectivity index (χ0v) is 63.1. The van der Waals surface area contributed by atoms with Crippen molar-refractivity contribution in [3.63, 3.8) is 0 Å². The molecule has 1 N–H and O–H groups in total. The molecule has 2 fully saturated rings. The molecule has 0 saturated carbocycles. The molecule has 0 spiro atoms. The molecule has 13 heteroatoms. The van der Waals surface area contributed by atoms with E-state index in [1.54, 1.807) is 35.9 Å². The molecule has 0 aromatic heterocycles. The summed E-state index contributed by atoms with van der Waals surface area (Å²) in [6.45, 7) is 40.4. The molecular weight excluding hydrogens is 1410 g/mol. The van der Waals surface area contributed by atoms with Crippen LogP contribution in [0.1, 0.15) is 114 Å². The second kappa shape index (κ2) is 34.6. The predicted octanol–water partition coefficient (Wildman–Crippen LogP) is 20.4. The third-order valence-electron chi connectivity index (χ3n) is 16.6. The van der Waals surface area contributed by atoms with E-state index in [0.29, 0.717) is 5.75 Å². The summed E-state index contributed by atoms with van der Waals surface area (Å²) in [5.74, 6) is 0.879. The number of ether oxygens (including phenoxy) is 1. The number of para-hydroxylation sites is 2. The van der Waals surface area contributed by atoms with Gasteiger partial charge >= 0.3 is 221 Å². The van der Waals surface area contributed by atoms with E-state index in [-0.39, 0.29) is 27.2 Å². The molecule has 1 aliphatic carbocycles. The van der Waals surface area contributed by atoms with Crippen molar-refractivity contribution in [3.05, 3.63) is 295 Å². The van der Waals surface area contributed by atoms with E-state index in [0.717, 1.165) is 43.0 Å². The van der Waals surface area contributed by atoms with Gasteiger partial charge in [0.05, 0.1) is 5.69 Å². The van der Waals surface area contributed by atoms with Crippen LogP contribution in [-0.4, -0.2) is 58.1 Å². The minimum atomic E-state index is -1.88. The summed E-state index contributed by atoms with van der Waals surface area (Å²) in [5, 5.41) is 9.54. The number of fused-ring (bicyclic) bond motifs is 1. The molecule has 1 unspecified atom stereocenters. The summed E-state index contributed by atoms with van der Waals surface area (Å²) in [4.78, 5) is 25.0. The zero-order chi connectivity index (χ0) is 68.6. The van der Waals surface area contributed by atoms with Gasteiger partial charge in [-0.15, -0.1) is 0 Å². The number of hydrogen-bond acceptors (Lipinski definition) is 8. The number of aromatic hydroxyl groups is 1. The average Bonchev–Trinajstić information content (AvgIpc) is 1.71. The monoisotopic (exact) mass is 1500 g/mol. The molecular formula is C82H89Cl3N5O3Ru2-2. The molecule has 0 radical (unpaired) electrons. The van der Waals surface area contributed by atoms with Crippen molar-refractivity contribution < 1.29 is 43.8 Å². The number of carbonyl (C=O) groups excluding carboxylic acids is 1. The molecule has 0 bridgehead atoms. The Hall–Kier alpha value is -7.28. The van der Waals surface area contributed by atoms with Crippen LogP contribution in [0.25, 0.3) is 5.57 Å². The van der Waals surface area contributed by atoms with Gasteiger partial charge in [0.1, 0.15) is 5.75 Å². The van der Waals surface area contributed by atoms with E-state index in [1.807, 2.05) is 67.6 Å². The van der Waals surface area contributed by atoms with E-state index >= 15 is 0 Å². The second-order valence-corrected chi connectivity index (χ2v) is 32.5. The summed E-state index contributed by atoms with van der Waals surface area (Å²) >= 11 is -2.10. The van der Waals surface area contributed by atoms with Gasteiger partial charge in [0.2, 0.25) is 0 Å². The standard InChI is InChI=1S/2C21H27N2.C15H10.C14H13NO.C11H12O2.3ClH.2Ru/c2*1-14-9-16(3)20(17(4)10-14)22-7-8-23(13-22)21-18(5)11-15(2)12-19(21)6;1-2-6-12(7-3-1)15-11-10-13-8-4-5-9-14(13)15;1-11-6-8-13(9-7-11)15-10-12-4-2-3-5-14(12)16;1-8-6-4-5-7-11(8)13-10(3)9(2)12;;;;;/h2*9-13H,7-8H2,1-6H3;1-9,11H;2-10,16H,1H3;1,4-7,10H,2-3H3;3*1H;;/q2*-1;;;;;;;+1;+2/p-3. The fourth-order valence-electron chi connectivity index (χ4n) is 12.7. The first-order valence-corrected chi connectivity index (χ1v) is 40.5. The maximum atomic E-state index is 11.1. The van der Waals surface area contributed by atoms with Gasteiger partial charge in [-0.05, 0) is 159 Å². The predicted molar refractivity (Wildman–Crippen MR) is 401 cm³/mol. The van der Waals surface area contributed by atoms with Crippen LogP contribution in [0.15, 0.2) is 187 Å². The Morgan fingerprint density at radius 3 is 1.29 bits per heavy atom. The van der Waals surface area contributed by atoms with E-state index in [2.05, 4.69) is 224 Å². The number of allylic oxidation sites excluding steroid dienone is 1. The Kier molecular flexibility index (Phi) is 26.8. The Balaban J connectivity index is 0.000000154. The summed E-state index contributed by atoms with van der Waals surface area (Å²) in [5.41, 5.74) is 30.5. The van der Waals surface area contributed by atoms with Gasteiger partial charge in [-0.2, -0.15) is 13.3 Å². The topological polar surface area (TPSA) is 71.9 Å². The molecule has 9 aromatic carbocycles. The van der Waals surface area contributed by atoms with Gasteiger partial charge < -0.3 is 24.7 Å². The van der Waals surface area contributed by atoms with E-state index < -0.39 is 19.6 Å². The first kappa shape index (κ1) is 73.5. The number of carbonyl (C=O) groups is 1. The third-order valence-corrected chi connectivity index (χ3v) is 20.4. The van der Waals surface area contributed by atoms with Gasteiger partial charge in [0.25, 0.3) is 0 Å². The molecule has 2 saturated heterocycles. The van der Waals surface area contributed by atoms with Gasteiger partial charge in [-0.3, -0.25) is 4.99 Å². The zero-order valence-electron chi connectivity index (χ0n) is 57.4. The van der Waals surface area contributed by atoms with Crippen LogP contribution >= 0.6 is 29.1 Å². The Labute approximate surface area is 590 Å². The number of phenols is 1. The summed E-state index contributed by atoms with van der Waals surface area (Å²) in [6, 6.07) is 59.7. The number of phenolic OH excluding ortho intramolecular Hbond substituents is 1. The number of aliphatic imine (C=N–C) groups is 1. The van der Waals surface area contributed by atoms with E-state index in [4.69, 9.17) is 33.8 Å². The quantitative estimate of drug-likeness (QED) is 0.0786. The number of Topliss-reactive ketones (excluding diaryl/α,β-unsaturated/α-hetero) is 1. The molecule has 95 heavy (non-hydrogen) atoms. The number of hydrogen-bond donors (Lipinski definition) is 1. The molecule has 1 atom stereocenters. The first-order valence-electron chi connectivity index (χ1n) is 31.9. The number of benzene rings is 9. The fourth-order valence-corrected chi connectivity index (χ4v) is 16.1. The number of nitrogens with zero attached hydrogens (tertiary/aromatic N) is 5.